The Morgan fingerprint density at radius 2 is 2.00 bits per heavy atom. The van der Waals surface area contributed by atoms with Gasteiger partial charge in [0.2, 0.25) is 0 Å². The molecule has 0 radical (unpaired) electrons. The van der Waals surface area contributed by atoms with Gasteiger partial charge in [-0.2, -0.15) is 0 Å². The van der Waals surface area contributed by atoms with Crippen molar-refractivity contribution in [1.82, 2.24) is 5.32 Å². The van der Waals surface area contributed by atoms with E-state index < -0.39 is 0 Å². The molecule has 84 valence electrons. The highest BCUT2D eigenvalue weighted by molar-refractivity contribution is 5.99. The largest absolute Gasteiger partial charge is 0.382 e. The Bertz CT molecular complexity index is 390. The highest BCUT2D eigenvalue weighted by Gasteiger charge is 2.20. The predicted octanol–water partition coefficient (Wildman–Crippen LogP) is 2.00. The van der Waals surface area contributed by atoms with Crippen LogP contribution in [-0.2, 0) is 0 Å². The summed E-state index contributed by atoms with van der Waals surface area (Å²) in [5.74, 6) is 1.05. The molecular formula is C13H17N3. The van der Waals surface area contributed by atoms with Gasteiger partial charge in [0.15, 0.2) is 0 Å². The molecule has 3 heteroatoms. The van der Waals surface area contributed by atoms with Crippen LogP contribution in [0.5, 0.6) is 0 Å². The van der Waals surface area contributed by atoms with Crippen molar-refractivity contribution in [1.29, 1.82) is 0 Å². The lowest BCUT2D eigenvalue weighted by molar-refractivity contribution is 0.742. The molecule has 1 aromatic carbocycles. The van der Waals surface area contributed by atoms with E-state index in [2.05, 4.69) is 39.9 Å². The van der Waals surface area contributed by atoms with Gasteiger partial charge in [-0.25, -0.2) is 0 Å². The molecule has 0 amide bonds. The van der Waals surface area contributed by atoms with E-state index in [1.54, 1.807) is 0 Å². The first-order valence-electron chi connectivity index (χ1n) is 6.07. The molecule has 1 fully saturated rings. The summed E-state index contributed by atoms with van der Waals surface area (Å²) in [6, 6.07) is 9.29. The normalized spacial score (nSPS) is 19.9. The minimum Gasteiger partial charge on any atom is -0.382 e. The Morgan fingerprint density at radius 3 is 2.62 bits per heavy atom. The summed E-state index contributed by atoms with van der Waals surface area (Å²) >= 11 is 0. The number of rotatable bonds is 3. The third kappa shape index (κ3) is 2.18. The van der Waals surface area contributed by atoms with E-state index in [0.29, 0.717) is 0 Å². The smallest absolute Gasteiger partial charge is 0.128 e. The first-order chi connectivity index (χ1) is 7.92. The maximum absolute atomic E-state index is 4.49. The molecule has 16 heavy (non-hydrogen) atoms. The van der Waals surface area contributed by atoms with Crippen LogP contribution >= 0.6 is 0 Å². The fourth-order valence-electron chi connectivity index (χ4n) is 1.91. The zero-order valence-electron chi connectivity index (χ0n) is 9.37. The van der Waals surface area contributed by atoms with Crippen molar-refractivity contribution in [2.45, 2.75) is 25.3 Å². The monoisotopic (exact) mass is 215 g/mol. The van der Waals surface area contributed by atoms with E-state index in [0.717, 1.165) is 31.4 Å². The highest BCUT2D eigenvalue weighted by atomic mass is 15.0. The van der Waals surface area contributed by atoms with Crippen LogP contribution in [0.4, 0.5) is 5.69 Å². The van der Waals surface area contributed by atoms with E-state index >= 15 is 0 Å². The number of hydrogen-bond donors (Lipinski definition) is 2. The highest BCUT2D eigenvalue weighted by Crippen LogP contribution is 2.24. The van der Waals surface area contributed by atoms with Crippen LogP contribution in [0.3, 0.4) is 0 Å². The molecule has 3 nitrogen and oxygen atoms in total. The molecule has 0 unspecified atom stereocenters. The van der Waals surface area contributed by atoms with Crippen LogP contribution in [0.2, 0.25) is 0 Å². The molecule has 1 aliphatic carbocycles. The average Bonchev–Trinajstić information content (AvgIpc) is 3.15. The van der Waals surface area contributed by atoms with Crippen molar-refractivity contribution in [3.63, 3.8) is 0 Å². The first-order valence-corrected chi connectivity index (χ1v) is 6.07. The number of amidine groups is 1. The average molecular weight is 215 g/mol. The number of anilines is 1. The van der Waals surface area contributed by atoms with E-state index in [9.17, 15) is 0 Å². The lowest BCUT2D eigenvalue weighted by Crippen LogP contribution is -2.30. The zero-order chi connectivity index (χ0) is 10.8. The Hall–Kier alpha value is -1.51. The van der Waals surface area contributed by atoms with Gasteiger partial charge in [-0.05, 0) is 43.5 Å². The number of aliphatic imine (C=N–C) groups is 1. The molecule has 2 aliphatic rings. The lowest BCUT2D eigenvalue weighted by Gasteiger charge is -2.15. The molecule has 0 atom stereocenters. The number of benzene rings is 1. The lowest BCUT2D eigenvalue weighted by atomic mass is 10.1. The van der Waals surface area contributed by atoms with Crippen molar-refractivity contribution in [2.75, 3.05) is 18.4 Å². The number of nitrogens with zero attached hydrogens (tertiary/aromatic N) is 1. The summed E-state index contributed by atoms with van der Waals surface area (Å²) in [4.78, 5) is 4.49. The van der Waals surface area contributed by atoms with E-state index in [1.807, 2.05) is 0 Å². The van der Waals surface area contributed by atoms with Crippen LogP contribution < -0.4 is 10.6 Å². The standard InChI is InChI=1S/C13H17N3/c1-8-14-13(15-9-1)10-2-4-11(5-3-10)16-12-6-7-12/h2-5,12,16H,1,6-9H2,(H,14,15). The molecule has 0 aromatic heterocycles. The molecule has 2 N–H and O–H groups in total. The van der Waals surface area contributed by atoms with Crippen LogP contribution in [0.15, 0.2) is 29.3 Å². The van der Waals surface area contributed by atoms with Crippen molar-refractivity contribution in [3.8, 4) is 0 Å². The third-order valence-electron chi connectivity index (χ3n) is 3.00. The zero-order valence-corrected chi connectivity index (χ0v) is 9.37. The summed E-state index contributed by atoms with van der Waals surface area (Å²) < 4.78 is 0. The second-order valence-corrected chi connectivity index (χ2v) is 4.51. The van der Waals surface area contributed by atoms with Gasteiger partial charge in [0.25, 0.3) is 0 Å². The van der Waals surface area contributed by atoms with E-state index in [1.165, 1.54) is 24.1 Å². The molecule has 1 saturated carbocycles. The summed E-state index contributed by atoms with van der Waals surface area (Å²) in [5.41, 5.74) is 2.42. The second-order valence-electron chi connectivity index (χ2n) is 4.51. The molecule has 3 rings (SSSR count). The number of hydrogen-bond acceptors (Lipinski definition) is 3. The van der Waals surface area contributed by atoms with Crippen LogP contribution in [0.25, 0.3) is 0 Å². The van der Waals surface area contributed by atoms with Gasteiger partial charge < -0.3 is 10.6 Å². The minimum atomic E-state index is 0.719. The molecule has 1 heterocycles. The topological polar surface area (TPSA) is 36.4 Å². The van der Waals surface area contributed by atoms with E-state index in [-0.39, 0.29) is 0 Å². The van der Waals surface area contributed by atoms with Crippen molar-refractivity contribution in [3.05, 3.63) is 29.8 Å². The Balaban J connectivity index is 1.72. The predicted molar refractivity (Wildman–Crippen MR) is 67.1 cm³/mol. The molecular weight excluding hydrogens is 198 g/mol. The van der Waals surface area contributed by atoms with Gasteiger partial charge in [-0.15, -0.1) is 0 Å². The fourth-order valence-corrected chi connectivity index (χ4v) is 1.91. The van der Waals surface area contributed by atoms with Crippen LogP contribution in [-0.4, -0.2) is 25.0 Å². The van der Waals surface area contributed by atoms with Crippen molar-refractivity contribution in [2.24, 2.45) is 4.99 Å². The quantitative estimate of drug-likeness (QED) is 0.809. The third-order valence-corrected chi connectivity index (χ3v) is 3.00. The summed E-state index contributed by atoms with van der Waals surface area (Å²) in [6.07, 6.45) is 3.77. The molecule has 0 spiro atoms. The molecule has 0 saturated heterocycles. The fraction of sp³-hybridized carbons (Fsp3) is 0.462. The van der Waals surface area contributed by atoms with Crippen LogP contribution in [0.1, 0.15) is 24.8 Å². The molecule has 1 aliphatic heterocycles. The maximum atomic E-state index is 4.49. The van der Waals surface area contributed by atoms with Gasteiger partial charge >= 0.3 is 0 Å². The Kier molecular flexibility index (Phi) is 2.52. The minimum absolute atomic E-state index is 0.719. The Morgan fingerprint density at radius 1 is 1.19 bits per heavy atom. The molecule has 1 aromatic rings. The van der Waals surface area contributed by atoms with E-state index in [4.69, 9.17) is 0 Å². The first kappa shape index (κ1) is 9.70. The Labute approximate surface area is 96.0 Å². The number of nitrogens with one attached hydrogen (secondary N) is 2. The maximum Gasteiger partial charge on any atom is 0.128 e. The van der Waals surface area contributed by atoms with Gasteiger partial charge in [0.1, 0.15) is 5.84 Å². The van der Waals surface area contributed by atoms with Gasteiger partial charge in [-0.1, -0.05) is 0 Å². The summed E-state index contributed by atoms with van der Waals surface area (Å²) in [6.45, 7) is 1.99. The summed E-state index contributed by atoms with van der Waals surface area (Å²) in [5, 5.41) is 6.82. The van der Waals surface area contributed by atoms with Crippen LogP contribution in [0, 0.1) is 0 Å². The molecule has 0 bridgehead atoms. The van der Waals surface area contributed by atoms with Crippen molar-refractivity contribution >= 4 is 11.5 Å². The van der Waals surface area contributed by atoms with Gasteiger partial charge in [0, 0.05) is 30.4 Å². The van der Waals surface area contributed by atoms with Crippen molar-refractivity contribution < 1.29 is 0 Å². The second kappa shape index (κ2) is 4.16. The SMILES string of the molecule is c1cc(C2=NCCCN2)ccc1NC1CC1. The van der Waals surface area contributed by atoms with Gasteiger partial charge in [-0.3, -0.25) is 4.99 Å². The van der Waals surface area contributed by atoms with Gasteiger partial charge in [0.05, 0.1) is 0 Å². The summed E-state index contributed by atoms with van der Waals surface area (Å²) in [7, 11) is 0.